The normalized spacial score (nSPS) is 10.6. The minimum absolute atomic E-state index is 0.724. The van der Waals surface area contributed by atoms with Crippen LogP contribution in [0.25, 0.3) is 11.3 Å². The molecule has 0 fully saturated rings. The van der Waals surface area contributed by atoms with Crippen LogP contribution in [0.3, 0.4) is 0 Å². The van der Waals surface area contributed by atoms with Crippen LogP contribution in [0.2, 0.25) is 0 Å². The van der Waals surface area contributed by atoms with Crippen LogP contribution >= 0.6 is 15.9 Å². The van der Waals surface area contributed by atoms with Gasteiger partial charge in [-0.1, -0.05) is 28.1 Å². The molecule has 0 saturated heterocycles. The Morgan fingerprint density at radius 1 is 1.33 bits per heavy atom. The van der Waals surface area contributed by atoms with Gasteiger partial charge in [0.2, 0.25) is 0 Å². The van der Waals surface area contributed by atoms with Gasteiger partial charge in [-0.15, -0.1) is 6.58 Å². The fourth-order valence-electron chi connectivity index (χ4n) is 1.72. The zero-order chi connectivity index (χ0) is 13.0. The molecule has 2 aromatic rings. The predicted octanol–water partition coefficient (Wildman–Crippen LogP) is 4.29. The number of rotatable bonds is 5. The third-order valence-corrected chi connectivity index (χ3v) is 3.58. The molecule has 0 bridgehead atoms. The number of nitrogens with one attached hydrogen (secondary N) is 1. The lowest BCUT2D eigenvalue weighted by atomic mass is 10.1. The van der Waals surface area contributed by atoms with Crippen LogP contribution in [-0.4, -0.2) is 6.54 Å². The van der Waals surface area contributed by atoms with Crippen molar-refractivity contribution in [2.75, 3.05) is 6.54 Å². The van der Waals surface area contributed by atoms with Crippen LogP contribution < -0.4 is 5.32 Å². The van der Waals surface area contributed by atoms with Gasteiger partial charge in [-0.05, 0) is 36.8 Å². The third kappa shape index (κ3) is 3.12. The number of halogens is 1. The second-order valence-corrected chi connectivity index (χ2v) is 5.00. The fraction of sp³-hybridized carbons (Fsp3) is 0.200. The summed E-state index contributed by atoms with van der Waals surface area (Å²) >= 11 is 3.50. The highest BCUT2D eigenvalue weighted by molar-refractivity contribution is 9.10. The van der Waals surface area contributed by atoms with E-state index in [1.54, 1.807) is 0 Å². The minimum Gasteiger partial charge on any atom is -0.460 e. The number of benzene rings is 1. The number of hydrogen-bond donors (Lipinski definition) is 1. The maximum atomic E-state index is 5.80. The molecular weight excluding hydrogens is 290 g/mol. The molecule has 1 aromatic heterocycles. The van der Waals surface area contributed by atoms with Gasteiger partial charge in [0.1, 0.15) is 11.5 Å². The van der Waals surface area contributed by atoms with Crippen molar-refractivity contribution in [3.8, 4) is 11.3 Å². The molecule has 0 amide bonds. The summed E-state index contributed by atoms with van der Waals surface area (Å²) in [6.07, 6.45) is 1.84. The van der Waals surface area contributed by atoms with Gasteiger partial charge >= 0.3 is 0 Å². The second kappa shape index (κ2) is 6.03. The van der Waals surface area contributed by atoms with Crippen molar-refractivity contribution in [3.63, 3.8) is 0 Å². The maximum absolute atomic E-state index is 5.80. The lowest BCUT2D eigenvalue weighted by molar-refractivity contribution is 0.502. The van der Waals surface area contributed by atoms with Crippen LogP contribution in [0.4, 0.5) is 0 Å². The molecule has 0 unspecified atom stereocenters. The molecule has 3 heteroatoms. The molecule has 1 N–H and O–H groups in total. The summed E-state index contributed by atoms with van der Waals surface area (Å²) in [6, 6.07) is 10.2. The van der Waals surface area contributed by atoms with Gasteiger partial charge in [-0.3, -0.25) is 0 Å². The van der Waals surface area contributed by atoms with Gasteiger partial charge < -0.3 is 9.73 Å². The summed E-state index contributed by atoms with van der Waals surface area (Å²) in [5.41, 5.74) is 2.31. The molecule has 0 aliphatic carbocycles. The smallest absolute Gasteiger partial charge is 0.134 e. The number of furan rings is 1. The highest BCUT2D eigenvalue weighted by Crippen LogP contribution is 2.26. The van der Waals surface area contributed by atoms with Crippen molar-refractivity contribution < 1.29 is 4.42 Å². The molecule has 2 rings (SSSR count). The predicted molar refractivity (Wildman–Crippen MR) is 78.5 cm³/mol. The van der Waals surface area contributed by atoms with Gasteiger partial charge in [0.15, 0.2) is 0 Å². The Morgan fingerprint density at radius 3 is 2.89 bits per heavy atom. The van der Waals surface area contributed by atoms with Crippen LogP contribution in [0.1, 0.15) is 11.3 Å². The van der Waals surface area contributed by atoms with E-state index in [9.17, 15) is 0 Å². The first-order valence-corrected chi connectivity index (χ1v) is 6.67. The van der Waals surface area contributed by atoms with E-state index in [1.807, 2.05) is 24.3 Å². The lowest BCUT2D eigenvalue weighted by Gasteiger charge is -2.02. The maximum Gasteiger partial charge on any atom is 0.134 e. The van der Waals surface area contributed by atoms with E-state index < -0.39 is 0 Å². The van der Waals surface area contributed by atoms with E-state index in [1.165, 1.54) is 5.56 Å². The molecule has 0 aliphatic heterocycles. The van der Waals surface area contributed by atoms with E-state index in [2.05, 4.69) is 46.9 Å². The molecule has 0 spiro atoms. The number of hydrogen-bond acceptors (Lipinski definition) is 2. The molecule has 18 heavy (non-hydrogen) atoms. The van der Waals surface area contributed by atoms with Gasteiger partial charge in [0.25, 0.3) is 0 Å². The third-order valence-electron chi connectivity index (χ3n) is 2.69. The first-order chi connectivity index (χ1) is 8.70. The van der Waals surface area contributed by atoms with Crippen LogP contribution in [0.5, 0.6) is 0 Å². The molecule has 0 aliphatic rings. The minimum atomic E-state index is 0.724. The molecule has 94 valence electrons. The Morgan fingerprint density at radius 2 is 2.17 bits per heavy atom. The van der Waals surface area contributed by atoms with Crippen molar-refractivity contribution in [3.05, 3.63) is 58.8 Å². The average Bonchev–Trinajstić information content (AvgIpc) is 2.82. The largest absolute Gasteiger partial charge is 0.460 e. The molecule has 0 radical (unpaired) electrons. The van der Waals surface area contributed by atoms with Crippen LogP contribution in [-0.2, 0) is 6.54 Å². The summed E-state index contributed by atoms with van der Waals surface area (Å²) in [6.45, 7) is 7.25. The summed E-state index contributed by atoms with van der Waals surface area (Å²) in [7, 11) is 0. The molecular formula is C15H16BrNO. The van der Waals surface area contributed by atoms with E-state index in [4.69, 9.17) is 4.42 Å². The van der Waals surface area contributed by atoms with Crippen LogP contribution in [0.15, 0.2) is 51.9 Å². The Bertz CT molecular complexity index is 545. The van der Waals surface area contributed by atoms with E-state index in [-0.39, 0.29) is 0 Å². The van der Waals surface area contributed by atoms with Crippen LogP contribution in [0, 0.1) is 6.92 Å². The van der Waals surface area contributed by atoms with Crippen molar-refractivity contribution in [2.24, 2.45) is 0 Å². The topological polar surface area (TPSA) is 25.2 Å². The van der Waals surface area contributed by atoms with Gasteiger partial charge in [-0.2, -0.15) is 0 Å². The van der Waals surface area contributed by atoms with E-state index in [0.29, 0.717) is 0 Å². The van der Waals surface area contributed by atoms with E-state index >= 15 is 0 Å². The monoisotopic (exact) mass is 305 g/mol. The number of aryl methyl sites for hydroxylation is 1. The van der Waals surface area contributed by atoms with Gasteiger partial charge in [0, 0.05) is 16.6 Å². The molecule has 1 heterocycles. The SMILES string of the molecule is C=CCNCc1ccc(-c2ccc(Br)c(C)c2)o1. The highest BCUT2D eigenvalue weighted by atomic mass is 79.9. The zero-order valence-corrected chi connectivity index (χ0v) is 12.0. The summed E-state index contributed by atoms with van der Waals surface area (Å²) < 4.78 is 6.92. The quantitative estimate of drug-likeness (QED) is 0.658. The summed E-state index contributed by atoms with van der Waals surface area (Å²) in [5, 5.41) is 3.22. The molecule has 0 saturated carbocycles. The first kappa shape index (κ1) is 13.1. The zero-order valence-electron chi connectivity index (χ0n) is 10.4. The van der Waals surface area contributed by atoms with Gasteiger partial charge in [0.05, 0.1) is 6.54 Å². The molecule has 0 atom stereocenters. The Labute approximate surface area is 116 Å². The Hall–Kier alpha value is -1.32. The van der Waals surface area contributed by atoms with E-state index in [0.717, 1.165) is 34.6 Å². The Kier molecular flexibility index (Phi) is 4.39. The average molecular weight is 306 g/mol. The van der Waals surface area contributed by atoms with Crippen molar-refractivity contribution >= 4 is 15.9 Å². The van der Waals surface area contributed by atoms with Crippen molar-refractivity contribution in [2.45, 2.75) is 13.5 Å². The highest BCUT2D eigenvalue weighted by Gasteiger charge is 2.05. The molecule has 1 aromatic carbocycles. The second-order valence-electron chi connectivity index (χ2n) is 4.15. The summed E-state index contributed by atoms with van der Waals surface area (Å²) in [5.74, 6) is 1.84. The lowest BCUT2D eigenvalue weighted by Crippen LogP contribution is -2.11. The van der Waals surface area contributed by atoms with Gasteiger partial charge in [-0.25, -0.2) is 0 Å². The first-order valence-electron chi connectivity index (χ1n) is 5.87. The summed E-state index contributed by atoms with van der Waals surface area (Å²) in [4.78, 5) is 0. The van der Waals surface area contributed by atoms with Crippen molar-refractivity contribution in [1.29, 1.82) is 0 Å². The Balaban J connectivity index is 2.13. The van der Waals surface area contributed by atoms with Crippen molar-refractivity contribution in [1.82, 2.24) is 5.32 Å². The fourth-order valence-corrected chi connectivity index (χ4v) is 1.97. The molecule has 2 nitrogen and oxygen atoms in total. The standard InChI is InChI=1S/C15H16BrNO/c1-3-8-17-10-13-5-7-15(18-13)12-4-6-14(16)11(2)9-12/h3-7,9,17H,1,8,10H2,2H3.